The number of esters is 1. The first kappa shape index (κ1) is 11.5. The molecule has 14 heavy (non-hydrogen) atoms. The molecular weight excluding hydrogens is 180 g/mol. The maximum absolute atomic E-state index is 10.8. The lowest BCUT2D eigenvalue weighted by molar-refractivity contribution is -0.140. The summed E-state index contributed by atoms with van der Waals surface area (Å²) in [5, 5.41) is 3.34. The first-order chi connectivity index (χ1) is 6.72. The molecule has 3 N–H and O–H groups in total. The Balaban J connectivity index is 2.08. The van der Waals surface area contributed by atoms with Crippen LogP contribution in [0.5, 0.6) is 0 Å². The predicted octanol–water partition coefficient (Wildman–Crippen LogP) is 0.409. The van der Waals surface area contributed by atoms with Crippen LogP contribution in [0.4, 0.5) is 0 Å². The lowest BCUT2D eigenvalue weighted by atomic mass is 9.91. The summed E-state index contributed by atoms with van der Waals surface area (Å²) in [6.07, 6.45) is 4.98. The Morgan fingerprint density at radius 1 is 1.57 bits per heavy atom. The highest BCUT2D eigenvalue weighted by Gasteiger charge is 2.18. The minimum atomic E-state index is -0.155. The molecule has 0 aromatic carbocycles. The summed E-state index contributed by atoms with van der Waals surface area (Å²) in [6.45, 7) is 0.698. The molecule has 0 amide bonds. The fourth-order valence-corrected chi connectivity index (χ4v) is 1.89. The average molecular weight is 200 g/mol. The number of carbonyl (C=O) groups excluding carboxylic acids is 1. The Kier molecular flexibility index (Phi) is 4.90. The zero-order chi connectivity index (χ0) is 10.4. The molecule has 0 heterocycles. The van der Waals surface area contributed by atoms with Gasteiger partial charge in [-0.05, 0) is 19.3 Å². The fraction of sp³-hybridized carbons (Fsp3) is 0.900. The van der Waals surface area contributed by atoms with Crippen molar-refractivity contribution in [1.29, 1.82) is 0 Å². The van der Waals surface area contributed by atoms with Crippen LogP contribution < -0.4 is 11.1 Å². The van der Waals surface area contributed by atoms with E-state index in [-0.39, 0.29) is 5.97 Å². The second-order valence-corrected chi connectivity index (χ2v) is 3.90. The van der Waals surface area contributed by atoms with Crippen LogP contribution in [0.15, 0.2) is 0 Å². The van der Waals surface area contributed by atoms with E-state index in [9.17, 15) is 4.79 Å². The van der Waals surface area contributed by atoms with Crippen molar-refractivity contribution < 1.29 is 9.53 Å². The van der Waals surface area contributed by atoms with Gasteiger partial charge in [-0.1, -0.05) is 6.42 Å². The zero-order valence-corrected chi connectivity index (χ0v) is 8.79. The monoisotopic (exact) mass is 200 g/mol. The van der Waals surface area contributed by atoms with E-state index in [4.69, 9.17) is 5.73 Å². The van der Waals surface area contributed by atoms with Crippen LogP contribution in [0.1, 0.15) is 32.1 Å². The van der Waals surface area contributed by atoms with Gasteiger partial charge in [0.25, 0.3) is 0 Å². The molecule has 0 bridgehead atoms. The summed E-state index contributed by atoms with van der Waals surface area (Å²) < 4.78 is 4.56. The molecule has 1 aliphatic rings. The number of nitrogens with one attached hydrogen (secondary N) is 1. The van der Waals surface area contributed by atoms with Gasteiger partial charge in [-0.15, -0.1) is 0 Å². The second-order valence-electron chi connectivity index (χ2n) is 3.90. The number of rotatable bonds is 4. The standard InChI is InChI=1S/C10H20N2O2/c1-14-10(13)5-6-12-9-4-2-3-8(11)7-9/h8-9,12H,2-7,11H2,1H3. The third-order valence-electron chi connectivity index (χ3n) is 2.70. The van der Waals surface area contributed by atoms with Gasteiger partial charge in [0.2, 0.25) is 0 Å². The van der Waals surface area contributed by atoms with E-state index in [1.165, 1.54) is 20.0 Å². The van der Waals surface area contributed by atoms with Crippen LogP contribution in [-0.2, 0) is 9.53 Å². The summed E-state index contributed by atoms with van der Waals surface area (Å²) in [4.78, 5) is 10.8. The van der Waals surface area contributed by atoms with Crippen molar-refractivity contribution in [3.8, 4) is 0 Å². The van der Waals surface area contributed by atoms with Crippen LogP contribution in [-0.4, -0.2) is 31.7 Å². The number of methoxy groups -OCH3 is 1. The van der Waals surface area contributed by atoms with E-state index in [2.05, 4.69) is 10.1 Å². The molecule has 4 nitrogen and oxygen atoms in total. The Hall–Kier alpha value is -0.610. The molecule has 0 radical (unpaired) electrons. The van der Waals surface area contributed by atoms with Gasteiger partial charge >= 0.3 is 5.97 Å². The second kappa shape index (κ2) is 5.98. The van der Waals surface area contributed by atoms with Crippen molar-refractivity contribution in [3.05, 3.63) is 0 Å². The molecule has 1 rings (SSSR count). The quantitative estimate of drug-likeness (QED) is 0.645. The molecule has 2 atom stereocenters. The van der Waals surface area contributed by atoms with Gasteiger partial charge in [0, 0.05) is 18.6 Å². The first-order valence-corrected chi connectivity index (χ1v) is 5.28. The smallest absolute Gasteiger partial charge is 0.306 e. The minimum Gasteiger partial charge on any atom is -0.469 e. The molecule has 1 fully saturated rings. The van der Waals surface area contributed by atoms with E-state index < -0.39 is 0 Å². The Morgan fingerprint density at radius 3 is 3.00 bits per heavy atom. The molecule has 1 saturated carbocycles. The van der Waals surface area contributed by atoms with Gasteiger partial charge in [0.1, 0.15) is 0 Å². The van der Waals surface area contributed by atoms with Crippen LogP contribution in [0.2, 0.25) is 0 Å². The van der Waals surface area contributed by atoms with Gasteiger partial charge in [0.15, 0.2) is 0 Å². The predicted molar refractivity (Wildman–Crippen MR) is 54.9 cm³/mol. The van der Waals surface area contributed by atoms with Gasteiger partial charge in [-0.2, -0.15) is 0 Å². The van der Waals surface area contributed by atoms with Gasteiger partial charge in [-0.3, -0.25) is 4.79 Å². The fourth-order valence-electron chi connectivity index (χ4n) is 1.89. The largest absolute Gasteiger partial charge is 0.469 e. The molecule has 0 saturated heterocycles. The number of carbonyl (C=O) groups is 1. The molecule has 1 aliphatic carbocycles. The van der Waals surface area contributed by atoms with Crippen LogP contribution in [0.3, 0.4) is 0 Å². The molecule has 82 valence electrons. The lowest BCUT2D eigenvalue weighted by Crippen LogP contribution is -2.40. The average Bonchev–Trinajstić information content (AvgIpc) is 2.17. The summed E-state index contributed by atoms with van der Waals surface area (Å²) in [6, 6.07) is 0.822. The van der Waals surface area contributed by atoms with E-state index in [1.807, 2.05) is 0 Å². The first-order valence-electron chi connectivity index (χ1n) is 5.28. The van der Waals surface area contributed by atoms with Crippen molar-refractivity contribution >= 4 is 5.97 Å². The molecule has 2 unspecified atom stereocenters. The highest BCUT2D eigenvalue weighted by Crippen LogP contribution is 2.16. The summed E-state index contributed by atoms with van der Waals surface area (Å²) >= 11 is 0. The summed E-state index contributed by atoms with van der Waals surface area (Å²) in [7, 11) is 1.42. The van der Waals surface area contributed by atoms with Crippen LogP contribution in [0, 0.1) is 0 Å². The van der Waals surface area contributed by atoms with Gasteiger partial charge < -0.3 is 15.8 Å². The van der Waals surface area contributed by atoms with Crippen molar-refractivity contribution in [1.82, 2.24) is 5.32 Å². The van der Waals surface area contributed by atoms with Crippen LogP contribution >= 0.6 is 0 Å². The molecule has 4 heteroatoms. The highest BCUT2D eigenvalue weighted by molar-refractivity contribution is 5.69. The topological polar surface area (TPSA) is 64.3 Å². The maximum Gasteiger partial charge on any atom is 0.306 e. The normalized spacial score (nSPS) is 27.3. The third-order valence-corrected chi connectivity index (χ3v) is 2.70. The minimum absolute atomic E-state index is 0.155. The van der Waals surface area contributed by atoms with E-state index in [0.29, 0.717) is 25.0 Å². The Morgan fingerprint density at radius 2 is 2.36 bits per heavy atom. The molecule has 0 aromatic heterocycles. The van der Waals surface area contributed by atoms with Crippen LogP contribution in [0.25, 0.3) is 0 Å². The Bertz CT molecular complexity index is 185. The number of hydrogen-bond acceptors (Lipinski definition) is 4. The lowest BCUT2D eigenvalue weighted by Gasteiger charge is -2.27. The van der Waals surface area contributed by atoms with Crippen molar-refractivity contribution in [2.45, 2.75) is 44.2 Å². The third kappa shape index (κ3) is 4.07. The van der Waals surface area contributed by atoms with Gasteiger partial charge in [0.05, 0.1) is 13.5 Å². The summed E-state index contributed by atoms with van der Waals surface area (Å²) in [5.74, 6) is -0.155. The van der Waals surface area contributed by atoms with Crippen molar-refractivity contribution in [2.75, 3.05) is 13.7 Å². The van der Waals surface area contributed by atoms with E-state index >= 15 is 0 Å². The van der Waals surface area contributed by atoms with Gasteiger partial charge in [-0.25, -0.2) is 0 Å². The molecule has 0 spiro atoms. The number of hydrogen-bond donors (Lipinski definition) is 2. The maximum atomic E-state index is 10.8. The number of nitrogens with two attached hydrogens (primary N) is 1. The molecular formula is C10H20N2O2. The molecule has 0 aromatic rings. The number of ether oxygens (including phenoxy) is 1. The zero-order valence-electron chi connectivity index (χ0n) is 8.79. The SMILES string of the molecule is COC(=O)CCNC1CCCC(N)C1. The van der Waals surface area contributed by atoms with E-state index in [0.717, 1.165) is 12.8 Å². The van der Waals surface area contributed by atoms with Crippen molar-refractivity contribution in [2.24, 2.45) is 5.73 Å². The molecule has 0 aliphatic heterocycles. The highest BCUT2D eigenvalue weighted by atomic mass is 16.5. The summed E-state index contributed by atoms with van der Waals surface area (Å²) in [5.41, 5.74) is 5.85. The van der Waals surface area contributed by atoms with E-state index in [1.54, 1.807) is 0 Å². The van der Waals surface area contributed by atoms with Crippen molar-refractivity contribution in [3.63, 3.8) is 0 Å². The Labute approximate surface area is 85.2 Å².